The average molecular weight is 344 g/mol. The summed E-state index contributed by atoms with van der Waals surface area (Å²) in [4.78, 5) is 0. The summed E-state index contributed by atoms with van der Waals surface area (Å²) in [6, 6.07) is 0. The van der Waals surface area contributed by atoms with Gasteiger partial charge in [0.25, 0.3) is 0 Å². The Balaban J connectivity index is 3.61. The molecule has 0 saturated heterocycles. The molecular formula is C11H18F6O3S. The standard InChI is InChI=1S/C11H18F6O3S/c12-10(13,14)8-6-4-2-1-3-5-7-9-11(15,16)21(18,19)20-17/h1-9H2. The molecule has 0 atom stereocenters. The summed E-state index contributed by atoms with van der Waals surface area (Å²) in [5, 5.41) is -4.27. The first-order valence-electron chi connectivity index (χ1n) is 6.51. The molecule has 0 aromatic rings. The summed E-state index contributed by atoms with van der Waals surface area (Å²) in [6.07, 6.45) is -3.82. The van der Waals surface area contributed by atoms with E-state index in [4.69, 9.17) is 0 Å². The molecule has 0 unspecified atom stereocenters. The van der Waals surface area contributed by atoms with E-state index in [0.29, 0.717) is 25.7 Å². The van der Waals surface area contributed by atoms with Gasteiger partial charge in [-0.15, -0.1) is 0 Å². The second kappa shape index (κ2) is 8.82. The Morgan fingerprint density at radius 1 is 0.714 bits per heavy atom. The van der Waals surface area contributed by atoms with Crippen LogP contribution >= 0.6 is 0 Å². The number of alkyl halides is 5. The van der Waals surface area contributed by atoms with Crippen LogP contribution in [0, 0.1) is 0 Å². The smallest absolute Gasteiger partial charge is 0.190 e. The van der Waals surface area contributed by atoms with Gasteiger partial charge >= 0.3 is 21.5 Å². The zero-order chi connectivity index (χ0) is 16.6. The molecule has 0 radical (unpaired) electrons. The molecule has 0 fully saturated rings. The van der Waals surface area contributed by atoms with E-state index in [-0.39, 0.29) is 19.3 Å². The van der Waals surface area contributed by atoms with Crippen LogP contribution in [0.2, 0.25) is 0 Å². The molecule has 0 aromatic heterocycles. The quantitative estimate of drug-likeness (QED) is 0.396. The van der Waals surface area contributed by atoms with Crippen LogP contribution < -0.4 is 0 Å². The fourth-order valence-electron chi connectivity index (χ4n) is 1.71. The van der Waals surface area contributed by atoms with Gasteiger partial charge in [-0.05, 0) is 17.4 Å². The molecular weight excluding hydrogens is 326 g/mol. The Morgan fingerprint density at radius 3 is 1.48 bits per heavy atom. The van der Waals surface area contributed by atoms with Crippen molar-refractivity contribution in [1.82, 2.24) is 0 Å². The zero-order valence-electron chi connectivity index (χ0n) is 11.3. The lowest BCUT2D eigenvalue weighted by atomic mass is 10.1. The van der Waals surface area contributed by atoms with E-state index in [1.165, 1.54) is 0 Å². The number of hydrogen-bond acceptors (Lipinski definition) is 3. The molecule has 3 nitrogen and oxygen atoms in total. The summed E-state index contributed by atoms with van der Waals surface area (Å²) >= 11 is 0. The zero-order valence-corrected chi connectivity index (χ0v) is 12.1. The predicted octanol–water partition coefficient (Wildman–Crippen LogP) is 4.88. The Kier molecular flexibility index (Phi) is 8.60. The molecule has 0 aliphatic carbocycles. The van der Waals surface area contributed by atoms with Gasteiger partial charge in [-0.3, -0.25) is 0 Å². The van der Waals surface area contributed by atoms with Gasteiger partial charge in [0, 0.05) is 12.8 Å². The van der Waals surface area contributed by atoms with Crippen LogP contribution in [0.4, 0.5) is 26.5 Å². The van der Waals surface area contributed by atoms with Gasteiger partial charge in [0.1, 0.15) is 0 Å². The lowest BCUT2D eigenvalue weighted by Gasteiger charge is -2.12. The van der Waals surface area contributed by atoms with Crippen molar-refractivity contribution >= 4 is 10.1 Å². The summed E-state index contributed by atoms with van der Waals surface area (Å²) in [5.74, 6) is 0. The third-order valence-corrected chi connectivity index (χ3v) is 3.98. The highest BCUT2D eigenvalue weighted by Gasteiger charge is 2.46. The van der Waals surface area contributed by atoms with Crippen molar-refractivity contribution in [2.45, 2.75) is 69.2 Å². The van der Waals surface area contributed by atoms with Gasteiger partial charge in [0.2, 0.25) is 0 Å². The molecule has 0 aromatic carbocycles. The average Bonchev–Trinajstić information content (AvgIpc) is 2.35. The van der Waals surface area contributed by atoms with Crippen molar-refractivity contribution < 1.29 is 39.3 Å². The first kappa shape index (κ1) is 20.5. The summed E-state index contributed by atoms with van der Waals surface area (Å²) in [7, 11) is -5.52. The van der Waals surface area contributed by atoms with Gasteiger partial charge < -0.3 is 0 Å². The molecule has 0 aliphatic rings. The van der Waals surface area contributed by atoms with E-state index in [1.807, 2.05) is 0 Å². The highest BCUT2D eigenvalue weighted by molar-refractivity contribution is 7.87. The van der Waals surface area contributed by atoms with Crippen molar-refractivity contribution in [2.75, 3.05) is 0 Å². The van der Waals surface area contributed by atoms with Crippen molar-refractivity contribution in [2.24, 2.45) is 0 Å². The fraction of sp³-hybridized carbons (Fsp3) is 1.00. The van der Waals surface area contributed by atoms with E-state index in [1.54, 1.807) is 0 Å². The van der Waals surface area contributed by atoms with Crippen LogP contribution in [0.1, 0.15) is 57.8 Å². The molecule has 0 rings (SSSR count). The molecule has 0 heterocycles. The number of halogens is 6. The SMILES string of the molecule is O=S(=O)(OF)C(F)(F)CCCCCCCCCC(F)(F)F. The van der Waals surface area contributed by atoms with Crippen LogP contribution in [-0.2, 0) is 14.5 Å². The summed E-state index contributed by atoms with van der Waals surface area (Å²) in [6.45, 7) is 0. The number of rotatable bonds is 11. The maximum absolute atomic E-state index is 12.9. The minimum atomic E-state index is -5.52. The fourth-order valence-corrected chi connectivity index (χ4v) is 2.20. The van der Waals surface area contributed by atoms with Crippen LogP contribution in [0.15, 0.2) is 0 Å². The van der Waals surface area contributed by atoms with E-state index in [2.05, 4.69) is 4.39 Å². The number of unbranched alkanes of at least 4 members (excludes halogenated alkanes) is 6. The molecule has 21 heavy (non-hydrogen) atoms. The minimum Gasteiger partial charge on any atom is -0.190 e. The van der Waals surface area contributed by atoms with E-state index < -0.39 is 34.4 Å². The Bertz CT molecular complexity index is 380. The second-order valence-corrected chi connectivity index (χ2v) is 6.38. The topological polar surface area (TPSA) is 43.4 Å². The maximum atomic E-state index is 12.9. The van der Waals surface area contributed by atoms with Crippen LogP contribution in [0.5, 0.6) is 0 Å². The van der Waals surface area contributed by atoms with Crippen molar-refractivity contribution in [3.05, 3.63) is 0 Å². The van der Waals surface area contributed by atoms with E-state index in [0.717, 1.165) is 0 Å². The van der Waals surface area contributed by atoms with Crippen LogP contribution in [0.25, 0.3) is 0 Å². The maximum Gasteiger partial charge on any atom is 0.389 e. The first-order chi connectivity index (χ1) is 9.52. The van der Waals surface area contributed by atoms with E-state index >= 15 is 0 Å². The van der Waals surface area contributed by atoms with Gasteiger partial charge in [0.05, 0.1) is 0 Å². The van der Waals surface area contributed by atoms with E-state index in [9.17, 15) is 34.9 Å². The molecule has 0 N–H and O–H groups in total. The number of hydrogen-bond donors (Lipinski definition) is 0. The molecule has 0 saturated carbocycles. The molecule has 0 amide bonds. The third-order valence-electron chi connectivity index (χ3n) is 2.88. The normalized spacial score (nSPS) is 13.6. The molecule has 0 aliphatic heterocycles. The lowest BCUT2D eigenvalue weighted by molar-refractivity contribution is -0.135. The molecule has 0 bridgehead atoms. The van der Waals surface area contributed by atoms with Crippen molar-refractivity contribution in [1.29, 1.82) is 0 Å². The minimum absolute atomic E-state index is 0.0354. The predicted molar refractivity (Wildman–Crippen MR) is 63.7 cm³/mol. The first-order valence-corrected chi connectivity index (χ1v) is 7.92. The third kappa shape index (κ3) is 9.18. The lowest BCUT2D eigenvalue weighted by Crippen LogP contribution is -2.28. The molecule has 10 heteroatoms. The Labute approximate surface area is 119 Å². The van der Waals surface area contributed by atoms with Gasteiger partial charge in [-0.1, -0.05) is 36.5 Å². The van der Waals surface area contributed by atoms with Crippen LogP contribution in [0.3, 0.4) is 0 Å². The Hall–Kier alpha value is -0.510. The largest absolute Gasteiger partial charge is 0.389 e. The van der Waals surface area contributed by atoms with Gasteiger partial charge in [0.15, 0.2) is 0 Å². The summed E-state index contributed by atoms with van der Waals surface area (Å²) < 4.78 is 96.0. The monoisotopic (exact) mass is 344 g/mol. The van der Waals surface area contributed by atoms with Gasteiger partial charge in [-0.25, -0.2) is 0 Å². The Morgan fingerprint density at radius 2 is 1.10 bits per heavy atom. The summed E-state index contributed by atoms with van der Waals surface area (Å²) in [5.41, 5.74) is 0. The highest BCUT2D eigenvalue weighted by atomic mass is 32.2. The molecule has 0 spiro atoms. The second-order valence-electron chi connectivity index (χ2n) is 4.74. The van der Waals surface area contributed by atoms with Crippen LogP contribution in [-0.4, -0.2) is 19.8 Å². The van der Waals surface area contributed by atoms with Crippen molar-refractivity contribution in [3.8, 4) is 0 Å². The highest BCUT2D eigenvalue weighted by Crippen LogP contribution is 2.30. The molecule has 128 valence electrons. The van der Waals surface area contributed by atoms with Gasteiger partial charge in [-0.2, -0.15) is 30.4 Å². The van der Waals surface area contributed by atoms with Crippen molar-refractivity contribution in [3.63, 3.8) is 0 Å².